The van der Waals surface area contributed by atoms with Crippen LogP contribution in [0.25, 0.3) is 5.57 Å². The van der Waals surface area contributed by atoms with Crippen LogP contribution in [0.15, 0.2) is 97.1 Å². The average molecular weight is 425 g/mol. The van der Waals surface area contributed by atoms with Gasteiger partial charge in [0.1, 0.15) is 0 Å². The van der Waals surface area contributed by atoms with Crippen LogP contribution in [0.3, 0.4) is 0 Å². The molecule has 160 valence electrons. The Balaban J connectivity index is 1.84. The first-order valence-electron chi connectivity index (χ1n) is 10.4. The number of allylic oxidation sites excluding steroid dienone is 3. The van der Waals surface area contributed by atoms with Gasteiger partial charge in [0.2, 0.25) is 0 Å². The summed E-state index contributed by atoms with van der Waals surface area (Å²) in [6.07, 6.45) is 5.90. The maximum Gasteiger partial charge on any atom is 0.330 e. The number of carbonyl (C=O) groups is 1. The van der Waals surface area contributed by atoms with Crippen molar-refractivity contribution in [1.82, 2.24) is 0 Å². The standard InChI is InChI=1S/C27H23NO4/c1-32-26(29)15-13-22-17-23(16-21-12-14-24(28(30)31)18-25(21)22)27(19-8-4-2-5-9-19)20-10-6-3-7-11-20/h2-15,17-18,23,27H,16H2,1H3/b15-13+. The molecule has 1 atom stereocenters. The smallest absolute Gasteiger partial charge is 0.330 e. The van der Waals surface area contributed by atoms with E-state index in [0.717, 1.165) is 23.1 Å². The molecule has 0 fully saturated rings. The molecule has 3 aromatic rings. The second-order valence-corrected chi connectivity index (χ2v) is 7.74. The molecule has 5 nitrogen and oxygen atoms in total. The van der Waals surface area contributed by atoms with Crippen LogP contribution in [0.5, 0.6) is 0 Å². The molecule has 0 amide bonds. The van der Waals surface area contributed by atoms with Gasteiger partial charge >= 0.3 is 5.97 Å². The van der Waals surface area contributed by atoms with Crippen molar-refractivity contribution in [1.29, 1.82) is 0 Å². The van der Waals surface area contributed by atoms with E-state index in [0.29, 0.717) is 0 Å². The molecule has 4 rings (SSSR count). The fourth-order valence-corrected chi connectivity index (χ4v) is 4.35. The van der Waals surface area contributed by atoms with Gasteiger partial charge in [-0.1, -0.05) is 72.8 Å². The van der Waals surface area contributed by atoms with Crippen molar-refractivity contribution in [2.75, 3.05) is 7.11 Å². The number of non-ortho nitro benzene ring substituents is 1. The summed E-state index contributed by atoms with van der Waals surface area (Å²) in [4.78, 5) is 22.7. The molecule has 0 saturated carbocycles. The van der Waals surface area contributed by atoms with E-state index >= 15 is 0 Å². The predicted molar refractivity (Wildman–Crippen MR) is 124 cm³/mol. The van der Waals surface area contributed by atoms with E-state index in [-0.39, 0.29) is 17.5 Å². The zero-order chi connectivity index (χ0) is 22.5. The van der Waals surface area contributed by atoms with Crippen LogP contribution in [0.1, 0.15) is 28.2 Å². The number of nitrogens with zero attached hydrogens (tertiary/aromatic N) is 1. The highest BCUT2D eigenvalue weighted by Crippen LogP contribution is 2.41. The Morgan fingerprint density at radius 2 is 1.66 bits per heavy atom. The molecule has 0 heterocycles. The molecule has 0 aliphatic heterocycles. The highest BCUT2D eigenvalue weighted by molar-refractivity contribution is 5.88. The van der Waals surface area contributed by atoms with Crippen molar-refractivity contribution in [3.05, 3.63) is 129 Å². The summed E-state index contributed by atoms with van der Waals surface area (Å²) in [5.74, 6) is -0.268. The Morgan fingerprint density at radius 3 is 2.22 bits per heavy atom. The van der Waals surface area contributed by atoms with Crippen molar-refractivity contribution in [2.45, 2.75) is 12.3 Å². The maximum atomic E-state index is 11.8. The van der Waals surface area contributed by atoms with E-state index in [4.69, 9.17) is 4.74 Å². The molecular formula is C27H23NO4. The topological polar surface area (TPSA) is 69.4 Å². The lowest BCUT2D eigenvalue weighted by atomic mass is 9.73. The highest BCUT2D eigenvalue weighted by atomic mass is 16.6. The SMILES string of the molecule is COC(=O)/C=C/C1=CC(C(c2ccccc2)c2ccccc2)Cc2ccc([N+](=O)[O-])cc21. The Hall–Kier alpha value is -3.99. The molecule has 0 N–H and O–H groups in total. The van der Waals surface area contributed by atoms with Gasteiger partial charge in [0.05, 0.1) is 12.0 Å². The second-order valence-electron chi connectivity index (χ2n) is 7.74. The first-order chi connectivity index (χ1) is 15.6. The van der Waals surface area contributed by atoms with Gasteiger partial charge < -0.3 is 4.74 Å². The van der Waals surface area contributed by atoms with Crippen LogP contribution in [-0.4, -0.2) is 18.0 Å². The fourth-order valence-electron chi connectivity index (χ4n) is 4.35. The normalized spacial score (nSPS) is 15.3. The molecule has 1 aliphatic rings. The van der Waals surface area contributed by atoms with Gasteiger partial charge in [0, 0.05) is 24.1 Å². The third kappa shape index (κ3) is 4.52. The number of nitro groups is 1. The maximum absolute atomic E-state index is 11.8. The van der Waals surface area contributed by atoms with Crippen LogP contribution in [0.2, 0.25) is 0 Å². The molecule has 5 heteroatoms. The first-order valence-corrected chi connectivity index (χ1v) is 10.4. The average Bonchev–Trinajstić information content (AvgIpc) is 2.83. The number of ether oxygens (including phenoxy) is 1. The van der Waals surface area contributed by atoms with Crippen LogP contribution >= 0.6 is 0 Å². The molecule has 32 heavy (non-hydrogen) atoms. The lowest BCUT2D eigenvalue weighted by Gasteiger charge is -2.31. The Kier molecular flexibility index (Phi) is 6.26. The van der Waals surface area contributed by atoms with Gasteiger partial charge in [0.25, 0.3) is 5.69 Å². The summed E-state index contributed by atoms with van der Waals surface area (Å²) < 4.78 is 4.74. The van der Waals surface area contributed by atoms with E-state index in [2.05, 4.69) is 30.3 Å². The molecule has 0 saturated heterocycles. The van der Waals surface area contributed by atoms with Crippen LogP contribution in [0.4, 0.5) is 5.69 Å². The van der Waals surface area contributed by atoms with Gasteiger partial charge in [-0.3, -0.25) is 10.1 Å². The third-order valence-electron chi connectivity index (χ3n) is 5.81. The summed E-state index contributed by atoms with van der Waals surface area (Å²) >= 11 is 0. The van der Waals surface area contributed by atoms with Crippen molar-refractivity contribution in [2.24, 2.45) is 5.92 Å². The van der Waals surface area contributed by atoms with Gasteiger partial charge in [-0.2, -0.15) is 0 Å². The summed E-state index contributed by atoms with van der Waals surface area (Å²) in [7, 11) is 1.32. The molecular weight excluding hydrogens is 402 g/mol. The number of hydrogen-bond acceptors (Lipinski definition) is 4. The van der Waals surface area contributed by atoms with Crippen molar-refractivity contribution in [3.63, 3.8) is 0 Å². The Labute approximate surface area is 186 Å². The number of carbonyl (C=O) groups excluding carboxylic acids is 1. The lowest BCUT2D eigenvalue weighted by Crippen LogP contribution is -2.19. The first kappa shape index (κ1) is 21.2. The van der Waals surface area contributed by atoms with E-state index in [9.17, 15) is 14.9 Å². The van der Waals surface area contributed by atoms with Crippen molar-refractivity contribution in [3.8, 4) is 0 Å². The van der Waals surface area contributed by atoms with Crippen LogP contribution in [-0.2, 0) is 16.0 Å². The number of rotatable bonds is 6. The van der Waals surface area contributed by atoms with E-state index in [1.807, 2.05) is 42.5 Å². The van der Waals surface area contributed by atoms with E-state index < -0.39 is 10.9 Å². The van der Waals surface area contributed by atoms with Gasteiger partial charge in [-0.05, 0) is 46.2 Å². The third-order valence-corrected chi connectivity index (χ3v) is 5.81. The van der Waals surface area contributed by atoms with Gasteiger partial charge in [-0.15, -0.1) is 0 Å². The minimum absolute atomic E-state index is 0.0298. The van der Waals surface area contributed by atoms with E-state index in [1.165, 1.54) is 24.3 Å². The summed E-state index contributed by atoms with van der Waals surface area (Å²) in [6.45, 7) is 0. The lowest BCUT2D eigenvalue weighted by molar-refractivity contribution is -0.384. The number of benzene rings is 3. The number of esters is 1. The summed E-state index contributed by atoms with van der Waals surface area (Å²) in [5.41, 5.74) is 4.99. The molecule has 1 aliphatic carbocycles. The number of methoxy groups -OCH3 is 1. The van der Waals surface area contributed by atoms with Crippen molar-refractivity contribution < 1.29 is 14.5 Å². The number of fused-ring (bicyclic) bond motifs is 1. The molecule has 0 aromatic heterocycles. The molecule has 0 bridgehead atoms. The van der Waals surface area contributed by atoms with E-state index in [1.54, 1.807) is 18.2 Å². The molecule has 0 spiro atoms. The zero-order valence-corrected chi connectivity index (χ0v) is 17.7. The Bertz CT molecular complexity index is 1140. The summed E-state index contributed by atoms with van der Waals surface area (Å²) in [5, 5.41) is 11.3. The Morgan fingerprint density at radius 1 is 1.03 bits per heavy atom. The number of nitro benzene ring substituents is 1. The second kappa shape index (κ2) is 9.43. The van der Waals surface area contributed by atoms with Gasteiger partial charge in [0.15, 0.2) is 0 Å². The number of hydrogen-bond donors (Lipinski definition) is 0. The van der Waals surface area contributed by atoms with Crippen LogP contribution < -0.4 is 0 Å². The van der Waals surface area contributed by atoms with Crippen molar-refractivity contribution >= 4 is 17.2 Å². The molecule has 0 radical (unpaired) electrons. The zero-order valence-electron chi connectivity index (χ0n) is 17.7. The monoisotopic (exact) mass is 425 g/mol. The highest BCUT2D eigenvalue weighted by Gasteiger charge is 2.29. The fraction of sp³-hybridized carbons (Fsp3) is 0.148. The largest absolute Gasteiger partial charge is 0.466 e. The minimum atomic E-state index is -0.470. The van der Waals surface area contributed by atoms with Gasteiger partial charge in [-0.25, -0.2) is 4.79 Å². The summed E-state index contributed by atoms with van der Waals surface area (Å²) in [6, 6.07) is 25.6. The quantitative estimate of drug-likeness (QED) is 0.219. The predicted octanol–water partition coefficient (Wildman–Crippen LogP) is 5.71. The van der Waals surface area contributed by atoms with Crippen LogP contribution in [0, 0.1) is 16.0 Å². The molecule has 1 unspecified atom stereocenters. The molecule has 3 aromatic carbocycles. The minimum Gasteiger partial charge on any atom is -0.466 e.